The zero-order valence-corrected chi connectivity index (χ0v) is 16.5. The summed E-state index contributed by atoms with van der Waals surface area (Å²) < 4.78 is 20.3. The Labute approximate surface area is 177 Å². The molecule has 31 heavy (non-hydrogen) atoms. The molecule has 1 unspecified atom stereocenters. The number of halogens is 1. The Morgan fingerprint density at radius 2 is 1.97 bits per heavy atom. The van der Waals surface area contributed by atoms with E-state index in [-0.39, 0.29) is 17.5 Å². The molecule has 0 amide bonds. The SMILES string of the molecule is O=C1C(Cc2ccco2)Nc2c(Cc3ccc(F)cc3)nc(-c3cccc(O)c3)c[n+]21. The molecule has 0 saturated heterocycles. The van der Waals surface area contributed by atoms with Crippen molar-refractivity contribution in [2.75, 3.05) is 5.32 Å². The molecule has 0 spiro atoms. The Morgan fingerprint density at radius 3 is 2.71 bits per heavy atom. The van der Waals surface area contributed by atoms with Gasteiger partial charge in [-0.25, -0.2) is 14.2 Å². The first-order valence-electron chi connectivity index (χ1n) is 9.89. The minimum absolute atomic E-state index is 0.115. The Bertz CT molecular complexity index is 1250. The lowest BCUT2D eigenvalue weighted by atomic mass is 10.1. The Morgan fingerprint density at radius 1 is 1.13 bits per heavy atom. The minimum Gasteiger partial charge on any atom is -0.508 e. The molecule has 0 bridgehead atoms. The van der Waals surface area contributed by atoms with Gasteiger partial charge in [-0.15, -0.1) is 0 Å². The van der Waals surface area contributed by atoms with E-state index < -0.39 is 6.04 Å². The number of phenols is 1. The Balaban J connectivity index is 1.57. The summed E-state index contributed by atoms with van der Waals surface area (Å²) in [6.07, 6.45) is 4.08. The maximum atomic E-state index is 13.3. The van der Waals surface area contributed by atoms with E-state index in [0.717, 1.165) is 5.56 Å². The van der Waals surface area contributed by atoms with Crippen LogP contribution in [-0.2, 0) is 12.8 Å². The average Bonchev–Trinajstić information content (AvgIpc) is 3.39. The molecular weight excluding hydrogens is 397 g/mol. The minimum atomic E-state index is -0.487. The highest BCUT2D eigenvalue weighted by Gasteiger charge is 2.41. The van der Waals surface area contributed by atoms with Crippen LogP contribution in [0, 0.1) is 5.82 Å². The van der Waals surface area contributed by atoms with Gasteiger partial charge in [-0.3, -0.25) is 5.32 Å². The van der Waals surface area contributed by atoms with Crippen molar-refractivity contribution in [2.45, 2.75) is 18.9 Å². The predicted molar refractivity (Wildman–Crippen MR) is 111 cm³/mol. The zero-order valence-electron chi connectivity index (χ0n) is 16.5. The molecule has 2 N–H and O–H groups in total. The van der Waals surface area contributed by atoms with Crippen molar-refractivity contribution in [3.63, 3.8) is 0 Å². The first kappa shape index (κ1) is 19.0. The smallest absolute Gasteiger partial charge is 0.359 e. The van der Waals surface area contributed by atoms with Crippen LogP contribution in [0.1, 0.15) is 21.8 Å². The van der Waals surface area contributed by atoms with Crippen LogP contribution in [0.4, 0.5) is 10.2 Å². The summed E-state index contributed by atoms with van der Waals surface area (Å²) in [4.78, 5) is 17.9. The molecule has 0 radical (unpaired) electrons. The van der Waals surface area contributed by atoms with Crippen LogP contribution in [0.5, 0.6) is 5.75 Å². The number of aromatic hydroxyl groups is 1. The summed E-state index contributed by atoms with van der Waals surface area (Å²) in [7, 11) is 0. The lowest BCUT2D eigenvalue weighted by molar-refractivity contribution is -0.552. The van der Waals surface area contributed by atoms with Crippen LogP contribution in [0.2, 0.25) is 0 Å². The van der Waals surface area contributed by atoms with Crippen LogP contribution < -0.4 is 9.88 Å². The first-order valence-corrected chi connectivity index (χ1v) is 9.89. The van der Waals surface area contributed by atoms with E-state index in [0.29, 0.717) is 41.4 Å². The normalized spacial score (nSPS) is 15.0. The first-order chi connectivity index (χ1) is 15.1. The molecule has 6 nitrogen and oxygen atoms in total. The van der Waals surface area contributed by atoms with Crippen molar-refractivity contribution in [3.05, 3.63) is 96.0 Å². The van der Waals surface area contributed by atoms with Gasteiger partial charge in [0, 0.05) is 12.0 Å². The van der Waals surface area contributed by atoms with E-state index in [1.807, 2.05) is 12.1 Å². The van der Waals surface area contributed by atoms with Crippen molar-refractivity contribution in [1.82, 2.24) is 4.98 Å². The van der Waals surface area contributed by atoms with Crippen LogP contribution in [0.25, 0.3) is 11.3 Å². The van der Waals surface area contributed by atoms with Gasteiger partial charge in [0.2, 0.25) is 6.04 Å². The number of carbonyl (C=O) groups is 1. The summed E-state index contributed by atoms with van der Waals surface area (Å²) >= 11 is 0. The standard InChI is InChI=1S/C24H18FN3O3/c25-17-8-6-15(7-9-17)11-20-23-27-21(13-19-5-2-10-31-19)24(30)28(23)14-22(26-20)16-3-1-4-18(29)12-16/h1-10,12,14,21,29H,11,13H2/p+1. The van der Waals surface area contributed by atoms with Gasteiger partial charge in [0.15, 0.2) is 0 Å². The van der Waals surface area contributed by atoms with Gasteiger partial charge in [-0.1, -0.05) is 24.3 Å². The largest absolute Gasteiger partial charge is 0.508 e. The topological polar surface area (TPSA) is 79.2 Å². The summed E-state index contributed by atoms with van der Waals surface area (Å²) in [5.41, 5.74) is 2.78. The maximum Gasteiger partial charge on any atom is 0.359 e. The second kappa shape index (κ2) is 7.68. The number of rotatable bonds is 5. The summed E-state index contributed by atoms with van der Waals surface area (Å²) in [5.74, 6) is 1.01. The number of carbonyl (C=O) groups excluding carboxylic acids is 1. The van der Waals surface area contributed by atoms with Crippen molar-refractivity contribution in [3.8, 4) is 17.0 Å². The van der Waals surface area contributed by atoms with E-state index in [2.05, 4.69) is 5.32 Å². The van der Waals surface area contributed by atoms with Crippen LogP contribution in [-0.4, -0.2) is 22.0 Å². The highest BCUT2D eigenvalue weighted by molar-refractivity contribution is 5.82. The monoisotopic (exact) mass is 416 g/mol. The average molecular weight is 416 g/mol. The van der Waals surface area contributed by atoms with E-state index >= 15 is 0 Å². The molecule has 1 aliphatic heterocycles. The van der Waals surface area contributed by atoms with Crippen molar-refractivity contribution >= 4 is 11.7 Å². The van der Waals surface area contributed by atoms with Crippen LogP contribution in [0.15, 0.2) is 77.5 Å². The van der Waals surface area contributed by atoms with E-state index in [4.69, 9.17) is 9.40 Å². The van der Waals surface area contributed by atoms with Gasteiger partial charge in [0.05, 0.1) is 12.7 Å². The van der Waals surface area contributed by atoms with Crippen molar-refractivity contribution in [1.29, 1.82) is 0 Å². The van der Waals surface area contributed by atoms with Gasteiger partial charge in [0.25, 0.3) is 0 Å². The number of hydrogen-bond acceptors (Lipinski definition) is 5. The second-order valence-electron chi connectivity index (χ2n) is 7.46. The predicted octanol–water partition coefficient (Wildman–Crippen LogP) is 3.74. The number of nitrogens with one attached hydrogen (secondary N) is 1. The molecule has 0 fully saturated rings. The fraction of sp³-hybridized carbons (Fsp3) is 0.125. The number of aromatic nitrogens is 2. The third kappa shape index (κ3) is 3.77. The number of nitrogens with zero attached hydrogens (tertiary/aromatic N) is 2. The highest BCUT2D eigenvalue weighted by Crippen LogP contribution is 2.26. The molecule has 0 saturated carbocycles. The molecule has 2 aromatic heterocycles. The number of furan rings is 1. The molecule has 1 atom stereocenters. The number of hydrogen-bond donors (Lipinski definition) is 2. The number of phenolic OH excluding ortho intramolecular Hbond substituents is 1. The number of benzene rings is 2. The van der Waals surface area contributed by atoms with E-state index in [9.17, 15) is 14.3 Å². The van der Waals surface area contributed by atoms with Gasteiger partial charge in [0.1, 0.15) is 34.9 Å². The molecule has 2 aromatic carbocycles. The van der Waals surface area contributed by atoms with Crippen molar-refractivity contribution < 1.29 is 23.3 Å². The van der Waals surface area contributed by atoms with Crippen LogP contribution in [0.3, 0.4) is 0 Å². The molecule has 7 heteroatoms. The molecule has 1 aliphatic rings. The van der Waals surface area contributed by atoms with E-state index in [1.54, 1.807) is 53.4 Å². The highest BCUT2D eigenvalue weighted by atomic mass is 19.1. The summed E-state index contributed by atoms with van der Waals surface area (Å²) in [6.45, 7) is 0. The summed E-state index contributed by atoms with van der Waals surface area (Å²) in [5, 5.41) is 13.2. The second-order valence-corrected chi connectivity index (χ2v) is 7.46. The Kier molecular flexibility index (Phi) is 4.71. The third-order valence-electron chi connectivity index (χ3n) is 5.28. The molecule has 0 aliphatic carbocycles. The fourth-order valence-electron chi connectivity index (χ4n) is 3.77. The molecule has 3 heterocycles. The Hall–Kier alpha value is -4.00. The zero-order chi connectivity index (χ0) is 21.4. The molecule has 154 valence electrons. The van der Waals surface area contributed by atoms with Gasteiger partial charge in [-0.05, 0) is 42.0 Å². The van der Waals surface area contributed by atoms with Crippen LogP contribution >= 0.6 is 0 Å². The lowest BCUT2D eigenvalue weighted by Crippen LogP contribution is -2.44. The molecule has 5 rings (SSSR count). The van der Waals surface area contributed by atoms with Crippen molar-refractivity contribution in [2.24, 2.45) is 0 Å². The number of fused-ring (bicyclic) bond motifs is 1. The summed E-state index contributed by atoms with van der Waals surface area (Å²) in [6, 6.07) is 16.1. The van der Waals surface area contributed by atoms with E-state index in [1.165, 1.54) is 12.1 Å². The lowest BCUT2D eigenvalue weighted by Gasteiger charge is -2.07. The molecular formula is C24H19FN3O3+. The van der Waals surface area contributed by atoms with Gasteiger partial charge < -0.3 is 9.52 Å². The maximum absolute atomic E-state index is 13.3. The number of anilines is 1. The van der Waals surface area contributed by atoms with Gasteiger partial charge >= 0.3 is 11.7 Å². The fourth-order valence-corrected chi connectivity index (χ4v) is 3.77. The molecule has 4 aromatic rings. The quantitative estimate of drug-likeness (QED) is 0.485. The third-order valence-corrected chi connectivity index (χ3v) is 5.28. The van der Waals surface area contributed by atoms with Gasteiger partial charge in [-0.2, -0.15) is 4.57 Å².